The molecule has 31 valence electrons. The van der Waals surface area contributed by atoms with Gasteiger partial charge in [0, 0.05) is 58.3 Å². The second-order valence-electron chi connectivity index (χ2n) is 0. The summed E-state index contributed by atoms with van der Waals surface area (Å²) in [4.78, 5) is 0. The van der Waals surface area contributed by atoms with Gasteiger partial charge in [0.05, 0.1) is 0 Å². The van der Waals surface area contributed by atoms with Gasteiger partial charge in [-0.2, -0.15) is 0 Å². The minimum atomic E-state index is 0. The minimum Gasteiger partial charge on any atom is 0 e. The van der Waals surface area contributed by atoms with E-state index >= 15 is 0 Å². The summed E-state index contributed by atoms with van der Waals surface area (Å²) < 4.78 is 0. The van der Waals surface area contributed by atoms with Crippen molar-refractivity contribution < 1.29 is 58.3 Å². The maximum absolute atomic E-state index is 0. The number of hydrogen-bond acceptors (Lipinski definition) is 0. The third kappa shape index (κ3) is 18.8. The second-order valence-corrected chi connectivity index (χ2v) is 0. The van der Waals surface area contributed by atoms with Gasteiger partial charge < -0.3 is 0 Å². The van der Waals surface area contributed by atoms with Crippen LogP contribution < -0.4 is 0 Å². The SMILES string of the molecule is [Cu].[GaH3].[SnH4].[Ti].[Zn]. The molecule has 5 heteroatoms. The van der Waals surface area contributed by atoms with Gasteiger partial charge in [-0.3, -0.25) is 0 Å². The quantitative estimate of drug-likeness (QED) is 0.408. The monoisotopic (exact) mass is 371 g/mol. The van der Waals surface area contributed by atoms with Crippen LogP contribution in [0.2, 0.25) is 0 Å². The van der Waals surface area contributed by atoms with Gasteiger partial charge in [0.25, 0.3) is 0 Å². The first-order valence-electron chi connectivity index (χ1n) is 0. The van der Waals surface area contributed by atoms with Crippen molar-refractivity contribution in [2.75, 3.05) is 0 Å². The van der Waals surface area contributed by atoms with E-state index in [-0.39, 0.29) is 102 Å². The Morgan fingerprint density at radius 1 is 1.00 bits per heavy atom. The van der Waals surface area contributed by atoms with Crippen molar-refractivity contribution >= 4 is 43.7 Å². The minimum absolute atomic E-state index is 0. The second kappa shape index (κ2) is 26.6. The van der Waals surface area contributed by atoms with Crippen molar-refractivity contribution in [2.24, 2.45) is 0 Å². The van der Waals surface area contributed by atoms with E-state index < -0.39 is 0 Å². The van der Waals surface area contributed by atoms with Crippen molar-refractivity contribution in [1.29, 1.82) is 0 Å². The van der Waals surface area contributed by atoms with Crippen LogP contribution in [-0.2, 0) is 58.3 Å². The van der Waals surface area contributed by atoms with Crippen molar-refractivity contribution in [3.63, 3.8) is 0 Å². The molecule has 0 aliphatic rings. The molecule has 0 fully saturated rings. The summed E-state index contributed by atoms with van der Waals surface area (Å²) in [6.07, 6.45) is 0. The molecule has 0 saturated carbocycles. The Labute approximate surface area is 100 Å². The number of rotatable bonds is 0. The van der Waals surface area contributed by atoms with E-state index in [0.29, 0.717) is 0 Å². The third-order valence-corrected chi connectivity index (χ3v) is 0. The summed E-state index contributed by atoms with van der Waals surface area (Å²) in [5, 5.41) is 0. The van der Waals surface area contributed by atoms with Crippen LogP contribution in [0.1, 0.15) is 0 Å². The molecular formula is H7CuGaSnTiZn. The summed E-state index contributed by atoms with van der Waals surface area (Å²) in [7, 11) is 0. The first-order chi connectivity index (χ1) is 0. The molecule has 0 aliphatic carbocycles. The summed E-state index contributed by atoms with van der Waals surface area (Å²) in [5.74, 6) is 0. The van der Waals surface area contributed by atoms with Gasteiger partial charge >= 0.3 is 43.7 Å². The van der Waals surface area contributed by atoms with Gasteiger partial charge in [0.1, 0.15) is 0 Å². The van der Waals surface area contributed by atoms with E-state index in [2.05, 4.69) is 0 Å². The molecule has 0 aromatic carbocycles. The zero-order valence-electron chi connectivity index (χ0n) is 1.51. The Morgan fingerprint density at radius 3 is 1.00 bits per heavy atom. The van der Waals surface area contributed by atoms with E-state index in [4.69, 9.17) is 0 Å². The predicted octanol–water partition coefficient (Wildman–Crippen LogP) is -2.64. The topological polar surface area (TPSA) is 0 Å². The van der Waals surface area contributed by atoms with Crippen molar-refractivity contribution in [3.8, 4) is 0 Å². The Kier molecular flexibility index (Phi) is 217. The molecule has 5 heavy (non-hydrogen) atoms. The van der Waals surface area contributed by atoms with E-state index in [1.54, 1.807) is 0 Å². The zero-order valence-corrected chi connectivity index (χ0v) is 6.98. The molecule has 0 rings (SSSR count). The molecule has 0 bridgehead atoms. The smallest absolute Gasteiger partial charge is 0 e. The van der Waals surface area contributed by atoms with Crippen LogP contribution in [0.5, 0.6) is 0 Å². The van der Waals surface area contributed by atoms with E-state index in [9.17, 15) is 0 Å². The van der Waals surface area contributed by atoms with Gasteiger partial charge in [0.15, 0.2) is 0 Å². The average molecular weight is 372 g/mol. The summed E-state index contributed by atoms with van der Waals surface area (Å²) in [6, 6.07) is 0. The van der Waals surface area contributed by atoms with Crippen molar-refractivity contribution in [3.05, 3.63) is 0 Å². The maximum Gasteiger partial charge on any atom is 0 e. The van der Waals surface area contributed by atoms with Crippen LogP contribution in [0.25, 0.3) is 0 Å². The molecule has 0 atom stereocenters. The van der Waals surface area contributed by atoms with E-state index in [0.717, 1.165) is 0 Å². The largest absolute Gasteiger partial charge is 0 e. The van der Waals surface area contributed by atoms with Crippen molar-refractivity contribution in [2.45, 2.75) is 0 Å². The standard InChI is InChI=1S/Cu.Ga.Sn.Ti.Zn.7H. The van der Waals surface area contributed by atoms with Gasteiger partial charge in [-0.1, -0.05) is 0 Å². The van der Waals surface area contributed by atoms with E-state index in [1.807, 2.05) is 0 Å². The van der Waals surface area contributed by atoms with Crippen LogP contribution in [0.3, 0.4) is 0 Å². The van der Waals surface area contributed by atoms with Crippen LogP contribution in [0, 0.1) is 0 Å². The molecular weight excluding hydrogens is 365 g/mol. The van der Waals surface area contributed by atoms with Gasteiger partial charge in [-0.05, 0) is 0 Å². The summed E-state index contributed by atoms with van der Waals surface area (Å²) >= 11 is 0. The number of hydrogen-bond donors (Lipinski definition) is 0. The fraction of sp³-hybridized carbons (Fsp3) is 0. The van der Waals surface area contributed by atoms with Crippen LogP contribution in [-0.4, -0.2) is 43.7 Å². The van der Waals surface area contributed by atoms with Crippen molar-refractivity contribution in [1.82, 2.24) is 0 Å². The fourth-order valence-electron chi connectivity index (χ4n) is 0. The molecule has 0 saturated heterocycles. The molecule has 0 aliphatic heterocycles. The van der Waals surface area contributed by atoms with Gasteiger partial charge in [0.2, 0.25) is 0 Å². The van der Waals surface area contributed by atoms with Crippen LogP contribution in [0.15, 0.2) is 0 Å². The first-order valence-corrected chi connectivity index (χ1v) is 0. The van der Waals surface area contributed by atoms with Gasteiger partial charge in [-0.25, -0.2) is 0 Å². The Morgan fingerprint density at radius 2 is 1.00 bits per heavy atom. The molecule has 0 heterocycles. The Balaban J connectivity index is 0. The molecule has 0 aromatic heterocycles. The first kappa shape index (κ1) is 40.7. The fourth-order valence-corrected chi connectivity index (χ4v) is 0. The molecule has 1 radical (unpaired) electrons. The summed E-state index contributed by atoms with van der Waals surface area (Å²) in [6.45, 7) is 0. The molecule has 0 unspecified atom stereocenters. The molecule has 0 nitrogen and oxygen atoms in total. The Bertz CT molecular complexity index is 11.6. The third-order valence-electron chi connectivity index (χ3n) is 0. The average Bonchev–Trinajstić information content (AvgIpc) is 0. The molecule has 0 N–H and O–H groups in total. The zero-order chi connectivity index (χ0) is 0. The van der Waals surface area contributed by atoms with Crippen LogP contribution in [0.4, 0.5) is 0 Å². The van der Waals surface area contributed by atoms with Crippen LogP contribution >= 0.6 is 0 Å². The molecule has 0 spiro atoms. The van der Waals surface area contributed by atoms with E-state index in [1.165, 1.54) is 0 Å². The molecule has 0 aromatic rings. The van der Waals surface area contributed by atoms with Gasteiger partial charge in [-0.15, -0.1) is 0 Å². The summed E-state index contributed by atoms with van der Waals surface area (Å²) in [5.41, 5.74) is 0. The maximum atomic E-state index is 0. The Hall–Kier alpha value is 3.29. The predicted molar refractivity (Wildman–Crippen MR) is 21.3 cm³/mol. The molecule has 0 amide bonds. The normalized spacial score (nSPS) is 0.